The lowest BCUT2D eigenvalue weighted by molar-refractivity contribution is -0.132. The summed E-state index contributed by atoms with van der Waals surface area (Å²) in [5.41, 5.74) is 3.52. The van der Waals surface area contributed by atoms with Crippen LogP contribution in [0.15, 0.2) is 42.6 Å². The molecule has 0 bridgehead atoms. The molecule has 3 rings (SSSR count). The highest BCUT2D eigenvalue weighted by Gasteiger charge is 2.17. The Bertz CT molecular complexity index is 951. The summed E-state index contributed by atoms with van der Waals surface area (Å²) in [5.74, 6) is -0.216. The largest absolute Gasteiger partial charge is 0.383 e. The van der Waals surface area contributed by atoms with E-state index in [1.54, 1.807) is 37.4 Å². The third-order valence-corrected chi connectivity index (χ3v) is 5.09. The van der Waals surface area contributed by atoms with E-state index >= 15 is 0 Å². The number of methoxy groups -OCH3 is 2. The minimum Gasteiger partial charge on any atom is -0.383 e. The van der Waals surface area contributed by atoms with Crippen LogP contribution in [0.5, 0.6) is 0 Å². The van der Waals surface area contributed by atoms with Crippen LogP contribution in [0.4, 0.5) is 4.39 Å². The smallest absolute Gasteiger partial charge is 0.222 e. The van der Waals surface area contributed by atoms with E-state index in [0.29, 0.717) is 45.6 Å². The van der Waals surface area contributed by atoms with Gasteiger partial charge in [0.1, 0.15) is 5.82 Å². The maximum Gasteiger partial charge on any atom is 0.222 e. The number of pyridine rings is 1. The zero-order valence-corrected chi connectivity index (χ0v) is 17.5. The number of ether oxygens (including phenoxy) is 2. The Kier molecular flexibility index (Phi) is 7.93. The molecule has 0 atom stereocenters. The highest BCUT2D eigenvalue weighted by atomic mass is 19.1. The number of carbonyl (C=O) groups excluding carboxylic acids is 1. The summed E-state index contributed by atoms with van der Waals surface area (Å²) in [5, 5.41) is 0.832. The normalized spacial score (nSPS) is 11.2. The van der Waals surface area contributed by atoms with Crippen molar-refractivity contribution in [1.82, 2.24) is 14.9 Å². The Morgan fingerprint density at radius 3 is 2.57 bits per heavy atom. The molecule has 2 aromatic heterocycles. The van der Waals surface area contributed by atoms with Gasteiger partial charge >= 0.3 is 0 Å². The van der Waals surface area contributed by atoms with Gasteiger partial charge in [0.2, 0.25) is 5.91 Å². The Balaban J connectivity index is 1.76. The van der Waals surface area contributed by atoms with Gasteiger partial charge in [-0.3, -0.25) is 9.78 Å². The molecule has 2 heterocycles. The number of hydrogen-bond donors (Lipinski definition) is 1. The molecule has 0 radical (unpaired) electrons. The molecule has 7 heteroatoms. The fourth-order valence-corrected chi connectivity index (χ4v) is 3.55. The van der Waals surface area contributed by atoms with Gasteiger partial charge in [-0.1, -0.05) is 6.07 Å². The molecule has 6 nitrogen and oxygen atoms in total. The molecule has 0 unspecified atom stereocenters. The number of benzene rings is 1. The summed E-state index contributed by atoms with van der Waals surface area (Å²) in [6.07, 6.45) is 3.43. The van der Waals surface area contributed by atoms with Crippen LogP contribution in [0.2, 0.25) is 0 Å². The number of rotatable bonds is 11. The molecular formula is C23H28FN3O3. The van der Waals surface area contributed by atoms with E-state index in [9.17, 15) is 9.18 Å². The zero-order chi connectivity index (χ0) is 21.3. The quantitative estimate of drug-likeness (QED) is 0.519. The number of nitrogens with zero attached hydrogens (tertiary/aromatic N) is 2. The van der Waals surface area contributed by atoms with Crippen molar-refractivity contribution < 1.29 is 18.7 Å². The van der Waals surface area contributed by atoms with E-state index in [2.05, 4.69) is 9.97 Å². The predicted octanol–water partition coefficient (Wildman–Crippen LogP) is 3.81. The van der Waals surface area contributed by atoms with Crippen molar-refractivity contribution in [3.63, 3.8) is 0 Å². The van der Waals surface area contributed by atoms with E-state index in [4.69, 9.17) is 9.47 Å². The van der Waals surface area contributed by atoms with Gasteiger partial charge in [-0.2, -0.15) is 0 Å². The summed E-state index contributed by atoms with van der Waals surface area (Å²) in [6.45, 7) is 2.05. The summed E-state index contributed by atoms with van der Waals surface area (Å²) >= 11 is 0. The molecule has 0 saturated carbocycles. The average molecular weight is 413 g/mol. The lowest BCUT2D eigenvalue weighted by atomic mass is 10.0. The molecule has 1 N–H and O–H groups in total. The van der Waals surface area contributed by atoms with E-state index in [0.717, 1.165) is 27.9 Å². The van der Waals surface area contributed by atoms with Gasteiger partial charge in [0, 0.05) is 50.8 Å². The molecule has 0 aliphatic heterocycles. The molecule has 1 amide bonds. The van der Waals surface area contributed by atoms with Crippen molar-refractivity contribution in [2.75, 3.05) is 40.5 Å². The summed E-state index contributed by atoms with van der Waals surface area (Å²) < 4.78 is 24.1. The van der Waals surface area contributed by atoms with E-state index in [1.165, 1.54) is 6.07 Å². The zero-order valence-electron chi connectivity index (χ0n) is 17.5. The van der Waals surface area contributed by atoms with Crippen LogP contribution >= 0.6 is 0 Å². The Morgan fingerprint density at radius 2 is 1.90 bits per heavy atom. The molecule has 0 fully saturated rings. The number of hydrogen-bond acceptors (Lipinski definition) is 4. The second kappa shape index (κ2) is 10.8. The summed E-state index contributed by atoms with van der Waals surface area (Å²) in [4.78, 5) is 22.3. The van der Waals surface area contributed by atoms with Gasteiger partial charge in [0.15, 0.2) is 0 Å². The maximum atomic E-state index is 13.9. The molecule has 30 heavy (non-hydrogen) atoms. The molecule has 0 aliphatic rings. The van der Waals surface area contributed by atoms with Crippen molar-refractivity contribution in [3.8, 4) is 11.4 Å². The first-order chi connectivity index (χ1) is 14.6. The van der Waals surface area contributed by atoms with Crippen LogP contribution in [0.25, 0.3) is 22.3 Å². The molecular weight excluding hydrogens is 385 g/mol. The third kappa shape index (κ3) is 5.43. The number of H-pyrrole nitrogens is 1. The summed E-state index contributed by atoms with van der Waals surface area (Å²) in [7, 11) is 3.24. The van der Waals surface area contributed by atoms with Crippen molar-refractivity contribution >= 4 is 16.8 Å². The second-order valence-electron chi connectivity index (χ2n) is 7.10. The second-order valence-corrected chi connectivity index (χ2v) is 7.10. The first-order valence-corrected chi connectivity index (χ1v) is 10.1. The fraction of sp³-hybridized carbons (Fsp3) is 0.391. The predicted molar refractivity (Wildman–Crippen MR) is 115 cm³/mol. The Labute approximate surface area is 176 Å². The van der Waals surface area contributed by atoms with Crippen LogP contribution in [-0.4, -0.2) is 61.3 Å². The van der Waals surface area contributed by atoms with E-state index in [-0.39, 0.29) is 11.7 Å². The fourth-order valence-electron chi connectivity index (χ4n) is 3.55. The van der Waals surface area contributed by atoms with Crippen LogP contribution in [0, 0.1) is 5.82 Å². The maximum absolute atomic E-state index is 13.9. The SMILES string of the molecule is COCCN(CCOC)C(=O)CCCc1c(-c2ccccn2)[nH]c2ccc(F)cc12. The lowest BCUT2D eigenvalue weighted by Crippen LogP contribution is -2.36. The van der Waals surface area contributed by atoms with Crippen LogP contribution < -0.4 is 0 Å². The molecule has 1 aromatic carbocycles. The van der Waals surface area contributed by atoms with Gasteiger partial charge in [-0.05, 0) is 48.7 Å². The number of carbonyl (C=O) groups is 1. The third-order valence-electron chi connectivity index (χ3n) is 5.09. The first-order valence-electron chi connectivity index (χ1n) is 10.1. The number of aryl methyl sites for hydroxylation is 1. The van der Waals surface area contributed by atoms with Crippen molar-refractivity contribution in [1.29, 1.82) is 0 Å². The van der Waals surface area contributed by atoms with E-state index < -0.39 is 0 Å². The molecule has 3 aromatic rings. The van der Waals surface area contributed by atoms with Crippen molar-refractivity contribution in [2.24, 2.45) is 0 Å². The van der Waals surface area contributed by atoms with Crippen LogP contribution in [-0.2, 0) is 20.7 Å². The summed E-state index contributed by atoms with van der Waals surface area (Å²) in [6, 6.07) is 10.4. The number of aromatic amines is 1. The molecule has 160 valence electrons. The molecule has 0 saturated heterocycles. The van der Waals surface area contributed by atoms with Gasteiger partial charge < -0.3 is 19.4 Å². The minimum absolute atomic E-state index is 0.0644. The Hall–Kier alpha value is -2.77. The van der Waals surface area contributed by atoms with Gasteiger partial charge in [0.05, 0.1) is 24.6 Å². The molecule has 0 spiro atoms. The highest BCUT2D eigenvalue weighted by molar-refractivity contribution is 5.90. The monoisotopic (exact) mass is 413 g/mol. The minimum atomic E-state index is -0.281. The van der Waals surface area contributed by atoms with Gasteiger partial charge in [-0.25, -0.2) is 4.39 Å². The first kappa shape index (κ1) is 21.9. The van der Waals surface area contributed by atoms with Gasteiger partial charge in [-0.15, -0.1) is 0 Å². The van der Waals surface area contributed by atoms with Crippen LogP contribution in [0.3, 0.4) is 0 Å². The van der Waals surface area contributed by atoms with Gasteiger partial charge in [0.25, 0.3) is 0 Å². The number of halogens is 1. The lowest BCUT2D eigenvalue weighted by Gasteiger charge is -2.22. The average Bonchev–Trinajstić information content (AvgIpc) is 3.12. The standard InChI is InChI=1S/C23H28FN3O3/c1-29-14-12-27(13-15-30-2)22(28)8-5-6-18-19-16-17(24)9-10-20(19)26-23(18)21-7-3-4-11-25-21/h3-4,7,9-11,16,26H,5-6,8,12-15H2,1-2H3. The Morgan fingerprint density at radius 1 is 1.13 bits per heavy atom. The van der Waals surface area contributed by atoms with Crippen molar-refractivity contribution in [3.05, 3.63) is 54.0 Å². The number of aromatic nitrogens is 2. The van der Waals surface area contributed by atoms with Crippen molar-refractivity contribution in [2.45, 2.75) is 19.3 Å². The molecule has 0 aliphatic carbocycles. The topological polar surface area (TPSA) is 67.5 Å². The number of amides is 1. The van der Waals surface area contributed by atoms with Crippen LogP contribution in [0.1, 0.15) is 18.4 Å². The number of fused-ring (bicyclic) bond motifs is 1. The number of nitrogens with one attached hydrogen (secondary N) is 1. The highest BCUT2D eigenvalue weighted by Crippen LogP contribution is 2.31. The van der Waals surface area contributed by atoms with E-state index in [1.807, 2.05) is 18.2 Å².